The second-order valence-corrected chi connectivity index (χ2v) is 6.30. The normalized spacial score (nSPS) is 10.8. The third-order valence-electron chi connectivity index (χ3n) is 3.67. The van der Waals surface area contributed by atoms with Crippen LogP contribution in [0.25, 0.3) is 10.9 Å². The van der Waals surface area contributed by atoms with Gasteiger partial charge in [-0.2, -0.15) is 0 Å². The van der Waals surface area contributed by atoms with Crippen LogP contribution in [0.2, 0.25) is 5.02 Å². The molecule has 5 nitrogen and oxygen atoms in total. The Labute approximate surface area is 147 Å². The first kappa shape index (κ1) is 16.4. The number of H-pyrrole nitrogens is 2. The first-order chi connectivity index (χ1) is 11.4. The molecule has 0 unspecified atom stereocenters. The molecule has 2 N–H and O–H groups in total. The number of carbonyl (C=O) groups is 1. The molecule has 2 aromatic carbocycles. The first-order valence-corrected chi connectivity index (χ1v) is 7.99. The fourth-order valence-corrected chi connectivity index (χ4v) is 2.79. The minimum atomic E-state index is -0.276. The number of hydrogen-bond donors (Lipinski definition) is 2. The molecule has 0 bridgehead atoms. The summed E-state index contributed by atoms with van der Waals surface area (Å²) in [4.78, 5) is 31.5. The molecule has 1 aromatic heterocycles. The van der Waals surface area contributed by atoms with Crippen molar-refractivity contribution >= 4 is 40.6 Å². The van der Waals surface area contributed by atoms with Gasteiger partial charge in [0.2, 0.25) is 0 Å². The molecule has 1 heterocycles. The molecule has 3 rings (SSSR count). The third kappa shape index (κ3) is 3.39. The Hall–Kier alpha value is -2.44. The molecular weight excluding hydrogens is 346 g/mol. The number of nitrogens with one attached hydrogen (secondary N) is 2. The summed E-state index contributed by atoms with van der Waals surface area (Å²) in [5.41, 5.74) is 1.72. The zero-order valence-corrected chi connectivity index (χ0v) is 14.4. The molecule has 0 radical (unpaired) electrons. The topological polar surface area (TPSA) is 69.0 Å². The van der Waals surface area contributed by atoms with Crippen molar-refractivity contribution in [1.29, 1.82) is 0 Å². The zero-order chi connectivity index (χ0) is 17.3. The average molecular weight is 360 g/mol. The fraction of sp³-hybridized carbons (Fsp3) is 0.118. The van der Waals surface area contributed by atoms with Crippen molar-refractivity contribution in [3.63, 3.8) is 0 Å². The van der Waals surface area contributed by atoms with Crippen LogP contribution in [0.3, 0.4) is 0 Å². The van der Waals surface area contributed by atoms with E-state index in [-0.39, 0.29) is 16.2 Å². The Balaban J connectivity index is 1.88. The molecule has 1 amide bonds. The molecule has 0 aliphatic carbocycles. The molecule has 24 heavy (non-hydrogen) atoms. The number of halogens is 1. The molecule has 122 valence electrons. The SMILES string of the molecule is CN(Cc1ccc(Cl)cc1)C(=O)c1ccc2c(=O)[nH]c(=S)[nH]c2c1. The molecule has 0 saturated heterocycles. The molecule has 0 atom stereocenters. The summed E-state index contributed by atoms with van der Waals surface area (Å²) >= 11 is 10.8. The van der Waals surface area contributed by atoms with Crippen LogP contribution >= 0.6 is 23.8 Å². The summed E-state index contributed by atoms with van der Waals surface area (Å²) in [6, 6.07) is 12.2. The van der Waals surface area contributed by atoms with Gasteiger partial charge in [-0.1, -0.05) is 23.7 Å². The number of benzene rings is 2. The lowest BCUT2D eigenvalue weighted by Gasteiger charge is -2.17. The van der Waals surface area contributed by atoms with Gasteiger partial charge in [0.05, 0.1) is 10.9 Å². The van der Waals surface area contributed by atoms with E-state index in [0.717, 1.165) is 5.56 Å². The van der Waals surface area contributed by atoms with Crippen LogP contribution in [0.1, 0.15) is 15.9 Å². The summed E-state index contributed by atoms with van der Waals surface area (Å²) in [7, 11) is 1.72. The van der Waals surface area contributed by atoms with Crippen molar-refractivity contribution in [1.82, 2.24) is 14.9 Å². The lowest BCUT2D eigenvalue weighted by Crippen LogP contribution is -2.26. The van der Waals surface area contributed by atoms with Crippen LogP contribution in [0, 0.1) is 4.77 Å². The van der Waals surface area contributed by atoms with Gasteiger partial charge in [-0.15, -0.1) is 0 Å². The van der Waals surface area contributed by atoms with Crippen molar-refractivity contribution in [2.45, 2.75) is 6.54 Å². The maximum atomic E-state index is 12.6. The van der Waals surface area contributed by atoms with Crippen LogP contribution in [0.4, 0.5) is 0 Å². The van der Waals surface area contributed by atoms with E-state index in [0.29, 0.717) is 28.0 Å². The van der Waals surface area contributed by atoms with Crippen LogP contribution in [-0.2, 0) is 6.54 Å². The molecule has 0 aliphatic heterocycles. The Kier molecular flexibility index (Phi) is 4.51. The van der Waals surface area contributed by atoms with E-state index in [9.17, 15) is 9.59 Å². The molecule has 3 aromatic rings. The van der Waals surface area contributed by atoms with E-state index in [2.05, 4.69) is 9.97 Å². The van der Waals surface area contributed by atoms with Crippen LogP contribution < -0.4 is 5.56 Å². The lowest BCUT2D eigenvalue weighted by atomic mass is 10.1. The van der Waals surface area contributed by atoms with E-state index in [1.807, 2.05) is 12.1 Å². The first-order valence-electron chi connectivity index (χ1n) is 7.20. The minimum absolute atomic E-state index is 0.147. The van der Waals surface area contributed by atoms with Gasteiger partial charge in [0.15, 0.2) is 4.77 Å². The lowest BCUT2D eigenvalue weighted by molar-refractivity contribution is 0.0785. The van der Waals surface area contributed by atoms with E-state index >= 15 is 0 Å². The second kappa shape index (κ2) is 6.59. The standard InChI is InChI=1S/C17H14ClN3O2S/c1-21(9-10-2-5-12(18)6-3-10)16(23)11-4-7-13-14(8-11)19-17(24)20-15(13)22/h2-8H,9H2,1H3,(H2,19,20,22,24). The minimum Gasteiger partial charge on any atom is -0.337 e. The van der Waals surface area contributed by atoms with E-state index in [4.69, 9.17) is 23.8 Å². The van der Waals surface area contributed by atoms with Crippen LogP contribution in [-0.4, -0.2) is 27.8 Å². The van der Waals surface area contributed by atoms with Crippen molar-refractivity contribution in [3.8, 4) is 0 Å². The number of aromatic nitrogens is 2. The summed E-state index contributed by atoms with van der Waals surface area (Å²) in [5.74, 6) is -0.147. The van der Waals surface area contributed by atoms with Crippen molar-refractivity contribution in [2.24, 2.45) is 0 Å². The average Bonchev–Trinajstić information content (AvgIpc) is 2.55. The highest BCUT2D eigenvalue weighted by atomic mass is 35.5. The highest BCUT2D eigenvalue weighted by molar-refractivity contribution is 7.71. The van der Waals surface area contributed by atoms with Gasteiger partial charge < -0.3 is 9.88 Å². The predicted octanol–water partition coefficient (Wildman–Crippen LogP) is 3.51. The van der Waals surface area contributed by atoms with Gasteiger partial charge in [-0.3, -0.25) is 14.6 Å². The summed E-state index contributed by atoms with van der Waals surface area (Å²) in [6.07, 6.45) is 0. The van der Waals surface area contributed by atoms with E-state index in [1.54, 1.807) is 42.3 Å². The molecular formula is C17H14ClN3O2S. The Bertz CT molecular complexity index is 1020. The van der Waals surface area contributed by atoms with Gasteiger partial charge in [0, 0.05) is 24.2 Å². The maximum Gasteiger partial charge on any atom is 0.259 e. The number of carbonyl (C=O) groups excluding carboxylic acids is 1. The largest absolute Gasteiger partial charge is 0.337 e. The third-order valence-corrected chi connectivity index (χ3v) is 4.12. The van der Waals surface area contributed by atoms with Gasteiger partial charge >= 0.3 is 0 Å². The Morgan fingerprint density at radius 1 is 1.17 bits per heavy atom. The summed E-state index contributed by atoms with van der Waals surface area (Å²) in [6.45, 7) is 0.458. The number of amides is 1. The molecule has 0 saturated carbocycles. The fourth-order valence-electron chi connectivity index (χ4n) is 2.46. The van der Waals surface area contributed by atoms with Crippen molar-refractivity contribution in [2.75, 3.05) is 7.05 Å². The quantitative estimate of drug-likeness (QED) is 0.703. The molecule has 0 spiro atoms. The zero-order valence-electron chi connectivity index (χ0n) is 12.8. The highest BCUT2D eigenvalue weighted by Crippen LogP contribution is 2.15. The number of nitrogens with zero attached hydrogens (tertiary/aromatic N) is 1. The maximum absolute atomic E-state index is 12.6. The van der Waals surface area contributed by atoms with Crippen LogP contribution in [0.15, 0.2) is 47.3 Å². The van der Waals surface area contributed by atoms with Crippen molar-refractivity contribution in [3.05, 3.63) is 73.7 Å². The smallest absolute Gasteiger partial charge is 0.259 e. The van der Waals surface area contributed by atoms with Gasteiger partial charge in [0.25, 0.3) is 11.5 Å². The van der Waals surface area contributed by atoms with Crippen molar-refractivity contribution < 1.29 is 4.79 Å². The summed E-state index contributed by atoms with van der Waals surface area (Å²) < 4.78 is 0.228. The van der Waals surface area contributed by atoms with Gasteiger partial charge in [-0.25, -0.2) is 0 Å². The predicted molar refractivity (Wildman–Crippen MR) is 97.0 cm³/mol. The number of aromatic amines is 2. The molecule has 0 fully saturated rings. The number of hydrogen-bond acceptors (Lipinski definition) is 3. The van der Waals surface area contributed by atoms with E-state index in [1.165, 1.54) is 0 Å². The van der Waals surface area contributed by atoms with Crippen LogP contribution in [0.5, 0.6) is 0 Å². The number of fused-ring (bicyclic) bond motifs is 1. The monoisotopic (exact) mass is 359 g/mol. The summed E-state index contributed by atoms with van der Waals surface area (Å²) in [5, 5.41) is 1.11. The Morgan fingerprint density at radius 2 is 1.88 bits per heavy atom. The van der Waals surface area contributed by atoms with E-state index < -0.39 is 0 Å². The Morgan fingerprint density at radius 3 is 2.58 bits per heavy atom. The molecule has 7 heteroatoms. The number of rotatable bonds is 3. The second-order valence-electron chi connectivity index (χ2n) is 5.46. The highest BCUT2D eigenvalue weighted by Gasteiger charge is 2.13. The van der Waals surface area contributed by atoms with Gasteiger partial charge in [-0.05, 0) is 48.1 Å². The van der Waals surface area contributed by atoms with Gasteiger partial charge in [0.1, 0.15) is 0 Å². The molecule has 0 aliphatic rings.